The summed E-state index contributed by atoms with van der Waals surface area (Å²) < 4.78 is 5.30. The minimum absolute atomic E-state index is 0.215. The number of nitrogens with one attached hydrogen (secondary N) is 1. The molecule has 1 unspecified atom stereocenters. The molecule has 1 saturated heterocycles. The quantitative estimate of drug-likeness (QED) is 0.623. The van der Waals surface area contributed by atoms with Crippen molar-refractivity contribution >= 4 is 17.6 Å². The number of benzene rings is 1. The summed E-state index contributed by atoms with van der Waals surface area (Å²) in [6, 6.07) is 5.08. The van der Waals surface area contributed by atoms with Gasteiger partial charge in [-0.3, -0.25) is 4.79 Å². The topological polar surface area (TPSA) is 81.4 Å². The van der Waals surface area contributed by atoms with Gasteiger partial charge in [-0.15, -0.1) is 0 Å². The fourth-order valence-corrected chi connectivity index (χ4v) is 2.09. The fourth-order valence-electron chi connectivity index (χ4n) is 2.09. The van der Waals surface area contributed by atoms with Crippen LogP contribution in [0.2, 0.25) is 0 Å². The predicted octanol–water partition coefficient (Wildman–Crippen LogP) is 1.40. The number of amides is 1. The second-order valence-corrected chi connectivity index (χ2v) is 4.70. The van der Waals surface area contributed by atoms with E-state index in [1.54, 1.807) is 25.1 Å². The lowest BCUT2D eigenvalue weighted by molar-refractivity contribution is -0.129. The van der Waals surface area contributed by atoms with E-state index in [1.165, 1.54) is 0 Å². The lowest BCUT2D eigenvalue weighted by atomic mass is 10.1. The van der Waals surface area contributed by atoms with Crippen LogP contribution < -0.4 is 11.1 Å². The van der Waals surface area contributed by atoms with E-state index in [4.69, 9.17) is 10.5 Å². The van der Waals surface area contributed by atoms with Crippen molar-refractivity contribution in [1.29, 1.82) is 0 Å². The highest BCUT2D eigenvalue weighted by molar-refractivity contribution is 5.94. The van der Waals surface area contributed by atoms with Crippen molar-refractivity contribution in [2.24, 2.45) is 0 Å². The van der Waals surface area contributed by atoms with Crippen molar-refractivity contribution < 1.29 is 14.3 Å². The van der Waals surface area contributed by atoms with Crippen LogP contribution in [0.4, 0.5) is 5.69 Å². The molecule has 5 heteroatoms. The lowest BCUT2D eigenvalue weighted by Gasteiger charge is -2.15. The summed E-state index contributed by atoms with van der Waals surface area (Å²) in [6.07, 6.45) is 1.65. The number of hydrogen-bond acceptors (Lipinski definition) is 4. The Bertz CT molecular complexity index is 499. The van der Waals surface area contributed by atoms with E-state index in [2.05, 4.69) is 5.32 Å². The van der Waals surface area contributed by atoms with Gasteiger partial charge in [0.15, 0.2) is 6.10 Å². The molecule has 1 aromatic rings. The molecular formula is C14H18N2O3. The molecule has 1 fully saturated rings. The minimum atomic E-state index is -0.698. The highest BCUT2D eigenvalue weighted by Gasteiger charge is 2.25. The molecule has 1 aliphatic heterocycles. The molecule has 1 atom stereocenters. The molecule has 2 rings (SSSR count). The zero-order valence-corrected chi connectivity index (χ0v) is 10.9. The Kier molecular flexibility index (Phi) is 4.04. The Hall–Kier alpha value is -2.04. The van der Waals surface area contributed by atoms with Crippen LogP contribution >= 0.6 is 0 Å². The van der Waals surface area contributed by atoms with Crippen LogP contribution in [0, 0.1) is 6.92 Å². The minimum Gasteiger partial charge on any atom is -0.449 e. The maximum absolute atomic E-state index is 12.1. The van der Waals surface area contributed by atoms with Gasteiger partial charge < -0.3 is 15.8 Å². The molecule has 1 aliphatic rings. The summed E-state index contributed by atoms with van der Waals surface area (Å²) in [4.78, 5) is 23.8. The van der Waals surface area contributed by atoms with Crippen molar-refractivity contribution in [3.63, 3.8) is 0 Å². The van der Waals surface area contributed by atoms with E-state index >= 15 is 0 Å². The first kappa shape index (κ1) is 13.4. The first-order valence-corrected chi connectivity index (χ1v) is 6.43. The second kappa shape index (κ2) is 5.73. The van der Waals surface area contributed by atoms with Gasteiger partial charge >= 0.3 is 5.97 Å². The lowest BCUT2D eigenvalue weighted by Crippen LogP contribution is -2.36. The summed E-state index contributed by atoms with van der Waals surface area (Å²) in [5.41, 5.74) is 7.39. The maximum atomic E-state index is 12.1. The number of carbonyl (C=O) groups excluding carboxylic acids is 2. The van der Waals surface area contributed by atoms with Crippen molar-refractivity contribution in [2.75, 3.05) is 12.3 Å². The Labute approximate surface area is 112 Å². The van der Waals surface area contributed by atoms with Gasteiger partial charge in [0.2, 0.25) is 0 Å². The Balaban J connectivity index is 2.12. The van der Waals surface area contributed by atoms with E-state index in [9.17, 15) is 9.59 Å². The van der Waals surface area contributed by atoms with Gasteiger partial charge in [-0.05, 0) is 43.9 Å². The van der Waals surface area contributed by atoms with E-state index in [0.717, 1.165) is 12.8 Å². The summed E-state index contributed by atoms with van der Waals surface area (Å²) in [5, 5.41) is 2.74. The normalized spacial score (nSPS) is 19.4. The van der Waals surface area contributed by atoms with Crippen LogP contribution in [-0.4, -0.2) is 24.5 Å². The van der Waals surface area contributed by atoms with Crippen molar-refractivity contribution in [2.45, 2.75) is 32.3 Å². The molecular weight excluding hydrogens is 244 g/mol. The summed E-state index contributed by atoms with van der Waals surface area (Å²) in [7, 11) is 0. The van der Waals surface area contributed by atoms with E-state index < -0.39 is 12.1 Å². The smallest absolute Gasteiger partial charge is 0.339 e. The molecule has 0 spiro atoms. The molecule has 1 heterocycles. The van der Waals surface area contributed by atoms with Crippen molar-refractivity contribution in [1.82, 2.24) is 5.32 Å². The molecule has 3 N–H and O–H groups in total. The largest absolute Gasteiger partial charge is 0.449 e. The average Bonchev–Trinajstić information content (AvgIpc) is 2.58. The molecule has 0 aromatic heterocycles. The highest BCUT2D eigenvalue weighted by atomic mass is 16.5. The van der Waals surface area contributed by atoms with E-state index in [1.807, 2.05) is 0 Å². The molecule has 0 saturated carbocycles. The zero-order valence-electron chi connectivity index (χ0n) is 10.9. The SMILES string of the molecule is Cc1c(N)cccc1C(=O)OC1CCCCNC1=O. The molecule has 1 aromatic carbocycles. The number of esters is 1. The number of rotatable bonds is 2. The number of nitrogen functional groups attached to an aromatic ring is 1. The van der Waals surface area contributed by atoms with Gasteiger partial charge in [-0.2, -0.15) is 0 Å². The van der Waals surface area contributed by atoms with Crippen molar-refractivity contribution in [3.8, 4) is 0 Å². The third-order valence-electron chi connectivity index (χ3n) is 3.33. The first-order chi connectivity index (χ1) is 9.09. The molecule has 5 nitrogen and oxygen atoms in total. The zero-order chi connectivity index (χ0) is 13.8. The van der Waals surface area contributed by atoms with Gasteiger partial charge in [0.25, 0.3) is 5.91 Å². The molecule has 1 amide bonds. The van der Waals surface area contributed by atoms with Gasteiger partial charge in [-0.1, -0.05) is 6.07 Å². The average molecular weight is 262 g/mol. The Morgan fingerprint density at radius 2 is 2.21 bits per heavy atom. The van der Waals surface area contributed by atoms with Crippen molar-refractivity contribution in [3.05, 3.63) is 29.3 Å². The van der Waals surface area contributed by atoms with Crippen LogP contribution in [0.25, 0.3) is 0 Å². The van der Waals surface area contributed by atoms with Crippen LogP contribution in [-0.2, 0) is 9.53 Å². The van der Waals surface area contributed by atoms with Crippen LogP contribution in [0.5, 0.6) is 0 Å². The number of ether oxygens (including phenoxy) is 1. The molecule has 102 valence electrons. The Morgan fingerprint density at radius 1 is 1.42 bits per heavy atom. The fraction of sp³-hybridized carbons (Fsp3) is 0.429. The Morgan fingerprint density at radius 3 is 3.00 bits per heavy atom. The first-order valence-electron chi connectivity index (χ1n) is 6.43. The number of hydrogen-bond donors (Lipinski definition) is 2. The molecule has 19 heavy (non-hydrogen) atoms. The van der Waals surface area contributed by atoms with E-state index in [-0.39, 0.29) is 5.91 Å². The van der Waals surface area contributed by atoms with Gasteiger partial charge in [0, 0.05) is 12.2 Å². The molecule has 0 aliphatic carbocycles. The monoisotopic (exact) mass is 262 g/mol. The second-order valence-electron chi connectivity index (χ2n) is 4.70. The maximum Gasteiger partial charge on any atom is 0.339 e. The third kappa shape index (κ3) is 3.05. The summed E-state index contributed by atoms with van der Waals surface area (Å²) >= 11 is 0. The van der Waals surface area contributed by atoms with Gasteiger partial charge in [-0.25, -0.2) is 4.79 Å². The van der Waals surface area contributed by atoms with Gasteiger partial charge in [0.05, 0.1) is 5.56 Å². The van der Waals surface area contributed by atoms with Crippen LogP contribution in [0.3, 0.4) is 0 Å². The van der Waals surface area contributed by atoms with Crippen LogP contribution in [0.15, 0.2) is 18.2 Å². The predicted molar refractivity (Wildman–Crippen MR) is 71.7 cm³/mol. The van der Waals surface area contributed by atoms with E-state index in [0.29, 0.717) is 29.8 Å². The number of nitrogens with two attached hydrogens (primary N) is 1. The molecule has 0 bridgehead atoms. The van der Waals surface area contributed by atoms with Gasteiger partial charge in [0.1, 0.15) is 0 Å². The molecule has 0 radical (unpaired) electrons. The summed E-state index contributed by atoms with van der Waals surface area (Å²) in [6.45, 7) is 2.41. The third-order valence-corrected chi connectivity index (χ3v) is 3.33. The standard InChI is InChI=1S/C14H18N2O3/c1-9-10(5-4-6-11(9)15)14(18)19-12-7-2-3-8-16-13(12)17/h4-6,12H,2-3,7-8,15H2,1H3,(H,16,17). The van der Waals surface area contributed by atoms with Crippen LogP contribution in [0.1, 0.15) is 35.2 Å². The number of carbonyl (C=O) groups is 2. The highest BCUT2D eigenvalue weighted by Crippen LogP contribution is 2.18. The summed E-state index contributed by atoms with van der Waals surface area (Å²) in [5.74, 6) is -0.709. The number of anilines is 1.